The van der Waals surface area contributed by atoms with Crippen molar-refractivity contribution in [1.29, 1.82) is 0 Å². The number of para-hydroxylation sites is 2. The molecule has 2 rings (SSSR count). The van der Waals surface area contributed by atoms with Crippen LogP contribution in [0.4, 0.5) is 5.69 Å². The van der Waals surface area contributed by atoms with Crippen molar-refractivity contribution in [1.82, 2.24) is 0 Å². The highest BCUT2D eigenvalue weighted by Gasteiger charge is 2.05. The van der Waals surface area contributed by atoms with E-state index in [9.17, 15) is 9.59 Å². The van der Waals surface area contributed by atoms with E-state index in [0.29, 0.717) is 22.7 Å². The van der Waals surface area contributed by atoms with Gasteiger partial charge in [-0.15, -0.1) is 0 Å². The molecular formula is C15H13NO3. The van der Waals surface area contributed by atoms with Gasteiger partial charge in [-0.05, 0) is 36.4 Å². The van der Waals surface area contributed by atoms with Crippen molar-refractivity contribution in [3.05, 3.63) is 54.1 Å². The summed E-state index contributed by atoms with van der Waals surface area (Å²) in [5, 5.41) is 2.70. The van der Waals surface area contributed by atoms with Crippen molar-refractivity contribution in [3.63, 3.8) is 0 Å². The molecule has 96 valence electrons. The number of hydrogen-bond acceptors (Lipinski definition) is 3. The number of ether oxygens (including phenoxy) is 1. The summed E-state index contributed by atoms with van der Waals surface area (Å²) in [6.45, 7) is 1.44. The molecule has 2 aromatic carbocycles. The lowest BCUT2D eigenvalue weighted by atomic mass is 10.2. The van der Waals surface area contributed by atoms with Gasteiger partial charge in [-0.2, -0.15) is 0 Å². The van der Waals surface area contributed by atoms with E-state index in [2.05, 4.69) is 5.32 Å². The van der Waals surface area contributed by atoms with Crippen LogP contribution in [0.5, 0.6) is 11.5 Å². The zero-order valence-electron chi connectivity index (χ0n) is 10.4. The predicted octanol–water partition coefficient (Wildman–Crippen LogP) is 3.25. The van der Waals surface area contributed by atoms with Crippen molar-refractivity contribution < 1.29 is 14.3 Å². The first-order valence-electron chi connectivity index (χ1n) is 5.79. The van der Waals surface area contributed by atoms with Crippen LogP contribution in [-0.4, -0.2) is 12.2 Å². The van der Waals surface area contributed by atoms with Crippen LogP contribution in [0.15, 0.2) is 48.5 Å². The standard InChI is InChI=1S/C15H13NO3/c1-11(18)16-14-4-2-3-5-15(14)19-13-8-6-12(10-17)7-9-13/h2-10H,1H3,(H,16,18). The molecule has 0 atom stereocenters. The van der Waals surface area contributed by atoms with E-state index >= 15 is 0 Å². The Morgan fingerprint density at radius 2 is 1.79 bits per heavy atom. The van der Waals surface area contributed by atoms with E-state index in [0.717, 1.165) is 6.29 Å². The Bertz CT molecular complexity index is 591. The monoisotopic (exact) mass is 255 g/mol. The quantitative estimate of drug-likeness (QED) is 0.853. The molecular weight excluding hydrogens is 242 g/mol. The largest absolute Gasteiger partial charge is 0.455 e. The molecule has 0 radical (unpaired) electrons. The number of nitrogens with one attached hydrogen (secondary N) is 1. The number of amides is 1. The van der Waals surface area contributed by atoms with Gasteiger partial charge in [-0.25, -0.2) is 0 Å². The summed E-state index contributed by atoms with van der Waals surface area (Å²) >= 11 is 0. The topological polar surface area (TPSA) is 55.4 Å². The zero-order valence-corrected chi connectivity index (χ0v) is 10.4. The molecule has 0 heterocycles. The van der Waals surface area contributed by atoms with Crippen LogP contribution in [0.1, 0.15) is 17.3 Å². The summed E-state index contributed by atoms with van der Waals surface area (Å²) in [6, 6.07) is 13.9. The zero-order chi connectivity index (χ0) is 13.7. The summed E-state index contributed by atoms with van der Waals surface area (Å²) in [4.78, 5) is 21.7. The first-order chi connectivity index (χ1) is 9.19. The molecule has 0 spiro atoms. The second-order valence-electron chi connectivity index (χ2n) is 3.97. The molecule has 4 heteroatoms. The lowest BCUT2D eigenvalue weighted by Gasteiger charge is -2.11. The van der Waals surface area contributed by atoms with Gasteiger partial charge in [0.05, 0.1) is 5.69 Å². The Morgan fingerprint density at radius 1 is 1.11 bits per heavy atom. The molecule has 0 aliphatic rings. The van der Waals surface area contributed by atoms with Gasteiger partial charge in [0.2, 0.25) is 5.91 Å². The minimum atomic E-state index is -0.160. The highest BCUT2D eigenvalue weighted by atomic mass is 16.5. The van der Waals surface area contributed by atoms with E-state index in [-0.39, 0.29) is 5.91 Å². The minimum Gasteiger partial charge on any atom is -0.455 e. The fourth-order valence-electron chi connectivity index (χ4n) is 1.59. The van der Waals surface area contributed by atoms with Gasteiger partial charge in [-0.1, -0.05) is 12.1 Å². The van der Waals surface area contributed by atoms with Gasteiger partial charge in [0, 0.05) is 12.5 Å². The average molecular weight is 255 g/mol. The summed E-state index contributed by atoms with van der Waals surface area (Å²) in [5.41, 5.74) is 1.19. The smallest absolute Gasteiger partial charge is 0.221 e. The molecule has 19 heavy (non-hydrogen) atoms. The molecule has 0 saturated heterocycles. The summed E-state index contributed by atoms with van der Waals surface area (Å²) in [6.07, 6.45) is 0.773. The number of aldehydes is 1. The lowest BCUT2D eigenvalue weighted by molar-refractivity contribution is -0.114. The third-order valence-electron chi connectivity index (χ3n) is 2.44. The summed E-state index contributed by atoms with van der Waals surface area (Å²) in [7, 11) is 0. The molecule has 1 N–H and O–H groups in total. The van der Waals surface area contributed by atoms with Crippen LogP contribution in [0.25, 0.3) is 0 Å². The second-order valence-corrected chi connectivity index (χ2v) is 3.97. The van der Waals surface area contributed by atoms with E-state index in [1.54, 1.807) is 36.4 Å². The molecule has 4 nitrogen and oxygen atoms in total. The SMILES string of the molecule is CC(=O)Nc1ccccc1Oc1ccc(C=O)cc1. The number of carbonyl (C=O) groups excluding carboxylic acids is 2. The van der Waals surface area contributed by atoms with E-state index in [1.165, 1.54) is 6.92 Å². The fourth-order valence-corrected chi connectivity index (χ4v) is 1.59. The van der Waals surface area contributed by atoms with Gasteiger partial charge >= 0.3 is 0 Å². The average Bonchev–Trinajstić information content (AvgIpc) is 2.41. The Morgan fingerprint density at radius 3 is 2.42 bits per heavy atom. The Hall–Kier alpha value is -2.62. The molecule has 0 saturated carbocycles. The third-order valence-corrected chi connectivity index (χ3v) is 2.44. The Kier molecular flexibility index (Phi) is 3.93. The van der Waals surface area contributed by atoms with E-state index in [1.807, 2.05) is 12.1 Å². The van der Waals surface area contributed by atoms with E-state index < -0.39 is 0 Å². The van der Waals surface area contributed by atoms with Crippen molar-refractivity contribution in [2.45, 2.75) is 6.92 Å². The van der Waals surface area contributed by atoms with Crippen LogP contribution in [0.3, 0.4) is 0 Å². The normalized spacial score (nSPS) is 9.74. The fraction of sp³-hybridized carbons (Fsp3) is 0.0667. The third kappa shape index (κ3) is 3.42. The summed E-state index contributed by atoms with van der Waals surface area (Å²) < 4.78 is 5.68. The molecule has 0 bridgehead atoms. The first kappa shape index (κ1) is 12.8. The first-order valence-corrected chi connectivity index (χ1v) is 5.79. The van der Waals surface area contributed by atoms with E-state index in [4.69, 9.17) is 4.74 Å². The second kappa shape index (κ2) is 5.82. The molecule has 0 aromatic heterocycles. The van der Waals surface area contributed by atoms with Crippen molar-refractivity contribution in [2.24, 2.45) is 0 Å². The van der Waals surface area contributed by atoms with Crippen molar-refractivity contribution in [3.8, 4) is 11.5 Å². The van der Waals surface area contributed by atoms with Crippen molar-refractivity contribution >= 4 is 17.9 Å². The molecule has 2 aromatic rings. The molecule has 0 aliphatic carbocycles. The van der Waals surface area contributed by atoms with Crippen LogP contribution < -0.4 is 10.1 Å². The molecule has 0 aliphatic heterocycles. The molecule has 0 fully saturated rings. The maximum atomic E-state index is 11.1. The number of benzene rings is 2. The molecule has 0 unspecified atom stereocenters. The van der Waals surface area contributed by atoms with Gasteiger partial charge in [0.15, 0.2) is 5.75 Å². The number of anilines is 1. The highest BCUT2D eigenvalue weighted by Crippen LogP contribution is 2.29. The Balaban J connectivity index is 2.22. The lowest BCUT2D eigenvalue weighted by Crippen LogP contribution is -2.06. The van der Waals surface area contributed by atoms with Gasteiger partial charge in [0.1, 0.15) is 12.0 Å². The molecule has 1 amide bonds. The highest BCUT2D eigenvalue weighted by molar-refractivity contribution is 5.90. The van der Waals surface area contributed by atoms with Crippen LogP contribution in [0.2, 0.25) is 0 Å². The maximum Gasteiger partial charge on any atom is 0.221 e. The van der Waals surface area contributed by atoms with Gasteiger partial charge < -0.3 is 10.1 Å². The Labute approximate surface area is 111 Å². The van der Waals surface area contributed by atoms with Crippen LogP contribution in [-0.2, 0) is 4.79 Å². The number of carbonyl (C=O) groups is 2. The van der Waals surface area contributed by atoms with Gasteiger partial charge in [0.25, 0.3) is 0 Å². The van der Waals surface area contributed by atoms with Crippen molar-refractivity contribution in [2.75, 3.05) is 5.32 Å². The predicted molar refractivity (Wildman–Crippen MR) is 72.6 cm³/mol. The number of rotatable bonds is 4. The number of hydrogen-bond donors (Lipinski definition) is 1. The van der Waals surface area contributed by atoms with Gasteiger partial charge in [-0.3, -0.25) is 9.59 Å². The maximum absolute atomic E-state index is 11.1. The minimum absolute atomic E-state index is 0.160. The summed E-state index contributed by atoms with van der Waals surface area (Å²) in [5.74, 6) is 0.993. The van der Waals surface area contributed by atoms with Crippen LogP contribution >= 0.6 is 0 Å². The van der Waals surface area contributed by atoms with Crippen LogP contribution in [0, 0.1) is 0 Å².